The van der Waals surface area contributed by atoms with Crippen molar-refractivity contribution in [1.82, 2.24) is 10.3 Å². The van der Waals surface area contributed by atoms with Gasteiger partial charge in [0, 0.05) is 12.5 Å². The lowest BCUT2D eigenvalue weighted by Crippen LogP contribution is -2.04. The molecule has 2 aromatic heterocycles. The molecule has 27 heavy (non-hydrogen) atoms. The molecular weight excluding hydrogens is 362 g/mol. The van der Waals surface area contributed by atoms with Crippen LogP contribution >= 0.6 is 0 Å². The Morgan fingerprint density at radius 2 is 1.85 bits per heavy atom. The van der Waals surface area contributed by atoms with Gasteiger partial charge in [-0.15, -0.1) is 0 Å². The predicted octanol–water partition coefficient (Wildman–Crippen LogP) is 3.82. The normalized spacial score (nSPS) is 11.0. The van der Waals surface area contributed by atoms with Gasteiger partial charge in [-0.1, -0.05) is 10.3 Å². The van der Waals surface area contributed by atoms with E-state index in [9.17, 15) is 13.6 Å². The zero-order valence-corrected chi connectivity index (χ0v) is 14.6. The van der Waals surface area contributed by atoms with Gasteiger partial charge in [0.15, 0.2) is 28.8 Å². The van der Waals surface area contributed by atoms with Gasteiger partial charge < -0.3 is 18.9 Å². The van der Waals surface area contributed by atoms with Crippen molar-refractivity contribution < 1.29 is 32.5 Å². The van der Waals surface area contributed by atoms with E-state index in [0.29, 0.717) is 28.5 Å². The number of halogens is 2. The number of carboxylic acid groups (broad SMARTS) is 1. The van der Waals surface area contributed by atoms with Crippen LogP contribution in [0.4, 0.5) is 8.78 Å². The summed E-state index contributed by atoms with van der Waals surface area (Å²) < 4.78 is 44.0. The molecule has 0 unspecified atom stereocenters. The number of aromatic nitrogens is 2. The number of carbonyl (C=O) groups is 1. The Hall–Kier alpha value is -3.23. The summed E-state index contributed by atoms with van der Waals surface area (Å²) in [5.74, 6) is -2.57. The summed E-state index contributed by atoms with van der Waals surface area (Å²) in [4.78, 5) is 10.6. The number of ether oxygens (including phenoxy) is 1. The molecule has 0 aliphatic rings. The van der Waals surface area contributed by atoms with Crippen LogP contribution in [0.2, 0.25) is 0 Å². The van der Waals surface area contributed by atoms with Gasteiger partial charge in [-0.05, 0) is 38.0 Å². The molecule has 142 valence electrons. The molecule has 2 heterocycles. The first-order valence-electron chi connectivity index (χ1n) is 8.06. The average molecular weight is 378 g/mol. The third-order valence-electron chi connectivity index (χ3n) is 3.89. The number of rotatable bonds is 7. The molecule has 7 nitrogen and oxygen atoms in total. The van der Waals surface area contributed by atoms with Crippen LogP contribution in [0.15, 0.2) is 27.2 Å². The number of carboxylic acids is 1. The Labute approximate surface area is 152 Å². The number of hydrogen-bond acceptors (Lipinski definition) is 6. The van der Waals surface area contributed by atoms with Crippen LogP contribution in [0.1, 0.15) is 29.0 Å². The highest BCUT2D eigenvalue weighted by atomic mass is 19.1. The van der Waals surface area contributed by atoms with Gasteiger partial charge in [0.2, 0.25) is 0 Å². The van der Waals surface area contributed by atoms with Crippen molar-refractivity contribution in [2.45, 2.75) is 33.3 Å². The van der Waals surface area contributed by atoms with Crippen LogP contribution < -0.4 is 4.74 Å². The first-order valence-corrected chi connectivity index (χ1v) is 8.06. The second kappa shape index (κ2) is 7.56. The summed E-state index contributed by atoms with van der Waals surface area (Å²) in [6.45, 7) is 3.19. The summed E-state index contributed by atoms with van der Waals surface area (Å²) >= 11 is 0. The van der Waals surface area contributed by atoms with E-state index in [1.807, 2.05) is 0 Å². The van der Waals surface area contributed by atoms with Gasteiger partial charge in [0.05, 0.1) is 11.3 Å². The monoisotopic (exact) mass is 378 g/mol. The Bertz CT molecular complexity index is 957. The van der Waals surface area contributed by atoms with Crippen LogP contribution in [0.25, 0.3) is 11.5 Å². The van der Waals surface area contributed by atoms with Crippen molar-refractivity contribution in [3.63, 3.8) is 0 Å². The molecule has 0 bridgehead atoms. The first kappa shape index (κ1) is 18.6. The molecule has 1 aromatic carbocycles. The standard InChI is InChI=1S/C18H16F2N2O5/c1-9-5-15(22-26-9)17-12(10(2)21-27-17)8-25-18-13(19)6-11(7-14(18)20)3-4-16(23)24/h5-7H,3-4,8H2,1-2H3,(H,23,24). The molecule has 0 aliphatic heterocycles. The fraction of sp³-hybridized carbons (Fsp3) is 0.278. The summed E-state index contributed by atoms with van der Waals surface area (Å²) in [6, 6.07) is 3.76. The average Bonchev–Trinajstić information content (AvgIpc) is 3.18. The van der Waals surface area contributed by atoms with E-state index in [4.69, 9.17) is 18.9 Å². The molecule has 0 spiro atoms. The lowest BCUT2D eigenvalue weighted by molar-refractivity contribution is -0.136. The van der Waals surface area contributed by atoms with Crippen molar-refractivity contribution in [2.75, 3.05) is 0 Å². The molecular formula is C18H16F2N2O5. The van der Waals surface area contributed by atoms with E-state index in [2.05, 4.69) is 10.3 Å². The highest BCUT2D eigenvalue weighted by Gasteiger charge is 2.21. The summed E-state index contributed by atoms with van der Waals surface area (Å²) in [5, 5.41) is 16.3. The van der Waals surface area contributed by atoms with E-state index in [1.54, 1.807) is 19.9 Å². The summed E-state index contributed by atoms with van der Waals surface area (Å²) in [5.41, 5.74) is 1.61. The van der Waals surface area contributed by atoms with Crippen molar-refractivity contribution in [3.05, 3.63) is 52.4 Å². The van der Waals surface area contributed by atoms with Gasteiger partial charge >= 0.3 is 5.97 Å². The van der Waals surface area contributed by atoms with E-state index in [-0.39, 0.29) is 25.0 Å². The van der Waals surface area contributed by atoms with E-state index < -0.39 is 23.4 Å². The Morgan fingerprint density at radius 3 is 2.44 bits per heavy atom. The van der Waals surface area contributed by atoms with Crippen LogP contribution in [0.5, 0.6) is 5.75 Å². The molecule has 9 heteroatoms. The zero-order valence-electron chi connectivity index (χ0n) is 14.6. The molecule has 0 radical (unpaired) electrons. The lowest BCUT2D eigenvalue weighted by Gasteiger charge is -2.10. The van der Waals surface area contributed by atoms with Crippen LogP contribution in [-0.4, -0.2) is 21.4 Å². The number of aliphatic carboxylic acids is 1. The molecule has 0 amide bonds. The maximum atomic E-state index is 14.2. The quantitative estimate of drug-likeness (QED) is 0.667. The minimum absolute atomic E-state index is 0.0177. The molecule has 0 saturated carbocycles. The minimum atomic E-state index is -1.05. The summed E-state index contributed by atoms with van der Waals surface area (Å²) in [6.07, 6.45) is -0.205. The maximum Gasteiger partial charge on any atom is 0.303 e. The first-order chi connectivity index (χ1) is 12.8. The molecule has 3 rings (SSSR count). The van der Waals surface area contributed by atoms with Gasteiger partial charge in [-0.3, -0.25) is 4.79 Å². The Morgan fingerprint density at radius 1 is 1.15 bits per heavy atom. The van der Waals surface area contributed by atoms with Crippen molar-refractivity contribution in [3.8, 4) is 17.2 Å². The number of benzene rings is 1. The zero-order chi connectivity index (χ0) is 19.6. The number of hydrogen-bond donors (Lipinski definition) is 1. The number of aryl methyl sites for hydroxylation is 3. The molecule has 1 N–H and O–H groups in total. The van der Waals surface area contributed by atoms with Crippen LogP contribution in [-0.2, 0) is 17.8 Å². The minimum Gasteiger partial charge on any atom is -0.483 e. The van der Waals surface area contributed by atoms with Gasteiger partial charge in [0.25, 0.3) is 0 Å². The van der Waals surface area contributed by atoms with Gasteiger partial charge in [0.1, 0.15) is 12.4 Å². The van der Waals surface area contributed by atoms with E-state index in [0.717, 1.165) is 12.1 Å². The molecule has 0 fully saturated rings. The molecule has 0 atom stereocenters. The second-order valence-corrected chi connectivity index (χ2v) is 5.97. The Kier molecular flexibility index (Phi) is 5.20. The maximum absolute atomic E-state index is 14.2. The van der Waals surface area contributed by atoms with E-state index >= 15 is 0 Å². The van der Waals surface area contributed by atoms with Crippen LogP contribution in [0, 0.1) is 25.5 Å². The van der Waals surface area contributed by atoms with Crippen molar-refractivity contribution >= 4 is 5.97 Å². The smallest absolute Gasteiger partial charge is 0.303 e. The van der Waals surface area contributed by atoms with Crippen LogP contribution in [0.3, 0.4) is 0 Å². The molecule has 3 aromatic rings. The SMILES string of the molecule is Cc1cc(-c2onc(C)c2COc2c(F)cc(CCC(=O)O)cc2F)no1. The summed E-state index contributed by atoms with van der Waals surface area (Å²) in [7, 11) is 0. The second-order valence-electron chi connectivity index (χ2n) is 5.97. The van der Waals surface area contributed by atoms with Crippen molar-refractivity contribution in [2.24, 2.45) is 0 Å². The van der Waals surface area contributed by atoms with Gasteiger partial charge in [-0.2, -0.15) is 0 Å². The molecule has 0 saturated heterocycles. The van der Waals surface area contributed by atoms with E-state index in [1.165, 1.54) is 0 Å². The fourth-order valence-electron chi connectivity index (χ4n) is 2.52. The number of nitrogens with zero attached hydrogens (tertiary/aromatic N) is 2. The Balaban J connectivity index is 1.79. The third-order valence-corrected chi connectivity index (χ3v) is 3.89. The van der Waals surface area contributed by atoms with Crippen molar-refractivity contribution in [1.29, 1.82) is 0 Å². The lowest BCUT2D eigenvalue weighted by atomic mass is 10.1. The predicted molar refractivity (Wildman–Crippen MR) is 88.1 cm³/mol. The largest absolute Gasteiger partial charge is 0.483 e. The highest BCUT2D eigenvalue weighted by molar-refractivity contribution is 5.67. The fourth-order valence-corrected chi connectivity index (χ4v) is 2.52. The molecule has 0 aliphatic carbocycles. The third kappa shape index (κ3) is 4.13. The van der Waals surface area contributed by atoms with Gasteiger partial charge in [-0.25, -0.2) is 8.78 Å². The topological polar surface area (TPSA) is 98.6 Å². The highest BCUT2D eigenvalue weighted by Crippen LogP contribution is 2.29.